The Morgan fingerprint density at radius 1 is 1.88 bits per heavy atom. The fourth-order valence-corrected chi connectivity index (χ4v) is 0.970. The van der Waals surface area contributed by atoms with Gasteiger partial charge in [0.15, 0.2) is 0 Å². The van der Waals surface area contributed by atoms with Crippen molar-refractivity contribution < 1.29 is 9.46 Å². The summed E-state index contributed by atoms with van der Waals surface area (Å²) in [4.78, 5) is 8.37. The molecule has 0 aliphatic carbocycles. The van der Waals surface area contributed by atoms with Crippen molar-refractivity contribution in [2.45, 2.75) is 25.5 Å². The first-order valence-corrected chi connectivity index (χ1v) is 4.10. The summed E-state index contributed by atoms with van der Waals surface area (Å²) in [6.07, 6.45) is 1.52. The molecular formula is C4H12NO2P. The van der Waals surface area contributed by atoms with Crippen LogP contribution in [0.5, 0.6) is 0 Å². The van der Waals surface area contributed by atoms with Gasteiger partial charge in [0.05, 0.1) is 5.78 Å². The van der Waals surface area contributed by atoms with E-state index in [-0.39, 0.29) is 0 Å². The highest BCUT2D eigenvalue weighted by atomic mass is 31.1. The van der Waals surface area contributed by atoms with E-state index in [1.54, 1.807) is 0 Å². The topological polar surface area (TPSA) is 63.3 Å². The molecule has 0 spiro atoms. The zero-order valence-electron chi connectivity index (χ0n) is 4.92. The lowest BCUT2D eigenvalue weighted by Crippen LogP contribution is -2.13. The normalized spacial score (nSPS) is 17.9. The van der Waals surface area contributed by atoms with Crippen LogP contribution < -0.4 is 5.73 Å². The summed E-state index contributed by atoms with van der Waals surface area (Å²) >= 11 is 0. The van der Waals surface area contributed by atoms with E-state index >= 15 is 0 Å². The van der Waals surface area contributed by atoms with Crippen molar-refractivity contribution in [3.63, 3.8) is 0 Å². The van der Waals surface area contributed by atoms with Crippen LogP contribution in [0.1, 0.15) is 19.8 Å². The predicted octanol–water partition coefficient (Wildman–Crippen LogP) is 0.538. The largest absolute Gasteiger partial charge is 0.345 e. The molecule has 0 radical (unpaired) electrons. The van der Waals surface area contributed by atoms with Crippen LogP contribution in [-0.2, 0) is 4.57 Å². The second kappa shape index (κ2) is 4.07. The van der Waals surface area contributed by atoms with E-state index in [1.807, 2.05) is 6.92 Å². The highest BCUT2D eigenvalue weighted by molar-refractivity contribution is 7.38. The molecule has 0 bridgehead atoms. The Morgan fingerprint density at radius 2 is 2.38 bits per heavy atom. The third-order valence-electron chi connectivity index (χ3n) is 0.917. The molecule has 0 rings (SSSR count). The van der Waals surface area contributed by atoms with Gasteiger partial charge in [0.1, 0.15) is 0 Å². The Bertz CT molecular complexity index is 86.1. The lowest BCUT2D eigenvalue weighted by molar-refractivity contribution is 0.484. The molecule has 0 fully saturated rings. The van der Waals surface area contributed by atoms with Gasteiger partial charge in [-0.15, -0.1) is 0 Å². The predicted molar refractivity (Wildman–Crippen MR) is 34.1 cm³/mol. The summed E-state index contributed by atoms with van der Waals surface area (Å²) in [6, 6.07) is 0. The highest BCUT2D eigenvalue weighted by Crippen LogP contribution is 2.20. The summed E-state index contributed by atoms with van der Waals surface area (Å²) in [5.74, 6) is -0.481. The molecule has 3 nitrogen and oxygen atoms in total. The van der Waals surface area contributed by atoms with Crippen LogP contribution in [0.15, 0.2) is 0 Å². The minimum atomic E-state index is -2.45. The molecule has 2 unspecified atom stereocenters. The van der Waals surface area contributed by atoms with E-state index in [4.69, 9.17) is 10.6 Å². The Morgan fingerprint density at radius 3 is 2.50 bits per heavy atom. The van der Waals surface area contributed by atoms with Crippen LogP contribution in [-0.4, -0.2) is 10.7 Å². The van der Waals surface area contributed by atoms with Gasteiger partial charge in [-0.05, 0) is 6.42 Å². The Hall–Kier alpha value is 0.150. The van der Waals surface area contributed by atoms with Gasteiger partial charge in [0.25, 0.3) is 0 Å². The quantitative estimate of drug-likeness (QED) is 0.558. The maximum absolute atomic E-state index is 10.1. The van der Waals surface area contributed by atoms with E-state index in [0.717, 1.165) is 6.42 Å². The maximum Gasteiger partial charge on any atom is 0.205 e. The monoisotopic (exact) mass is 137 g/mol. The van der Waals surface area contributed by atoms with Crippen molar-refractivity contribution in [2.24, 2.45) is 5.73 Å². The lowest BCUT2D eigenvalue weighted by atomic mass is 10.3. The molecule has 0 aromatic carbocycles. The summed E-state index contributed by atoms with van der Waals surface area (Å²) < 4.78 is 10.1. The van der Waals surface area contributed by atoms with Crippen LogP contribution in [0, 0.1) is 0 Å². The molecule has 50 valence electrons. The van der Waals surface area contributed by atoms with Gasteiger partial charge in [-0.2, -0.15) is 0 Å². The van der Waals surface area contributed by atoms with Crippen LogP contribution >= 0.6 is 8.03 Å². The minimum absolute atomic E-state index is 0.481. The molecule has 0 aliphatic rings. The third kappa shape index (κ3) is 3.19. The standard InChI is InChI=1S/C4H12NO2P/c1-2-3-4(5)8(6)7/h4,8H,2-3,5H2,1H3,(H,6,7). The van der Waals surface area contributed by atoms with Crippen LogP contribution in [0.4, 0.5) is 0 Å². The van der Waals surface area contributed by atoms with Crippen molar-refractivity contribution >= 4 is 8.03 Å². The molecule has 2 atom stereocenters. The first kappa shape index (κ1) is 8.15. The maximum atomic E-state index is 10.1. The first-order chi connectivity index (χ1) is 3.68. The number of nitrogens with two attached hydrogens (primary N) is 1. The van der Waals surface area contributed by atoms with Crippen molar-refractivity contribution in [1.29, 1.82) is 0 Å². The van der Waals surface area contributed by atoms with Crippen molar-refractivity contribution in [2.75, 3.05) is 0 Å². The van der Waals surface area contributed by atoms with Crippen LogP contribution in [0.3, 0.4) is 0 Å². The van der Waals surface area contributed by atoms with E-state index in [0.29, 0.717) is 6.42 Å². The second-order valence-electron chi connectivity index (χ2n) is 1.73. The molecule has 0 heterocycles. The molecule has 3 N–H and O–H groups in total. The fraction of sp³-hybridized carbons (Fsp3) is 1.00. The van der Waals surface area contributed by atoms with E-state index in [1.165, 1.54) is 0 Å². The molecule has 0 aromatic rings. The van der Waals surface area contributed by atoms with E-state index in [2.05, 4.69) is 0 Å². The molecular weight excluding hydrogens is 125 g/mol. The SMILES string of the molecule is CCCC(N)[PH](=O)O. The average Bonchev–Trinajstić information content (AvgIpc) is 1.67. The molecule has 0 saturated heterocycles. The van der Waals surface area contributed by atoms with Crippen molar-refractivity contribution in [1.82, 2.24) is 0 Å². The number of hydrogen-bond acceptors (Lipinski definition) is 2. The van der Waals surface area contributed by atoms with Gasteiger partial charge < -0.3 is 10.6 Å². The van der Waals surface area contributed by atoms with Crippen molar-refractivity contribution in [3.05, 3.63) is 0 Å². The Kier molecular flexibility index (Phi) is 4.15. The number of hydrogen-bond donors (Lipinski definition) is 2. The molecule has 0 aromatic heterocycles. The lowest BCUT2D eigenvalue weighted by Gasteiger charge is -2.02. The second-order valence-corrected chi connectivity index (χ2v) is 3.15. The van der Waals surface area contributed by atoms with Gasteiger partial charge in [-0.1, -0.05) is 13.3 Å². The summed E-state index contributed by atoms with van der Waals surface area (Å²) in [5.41, 5.74) is 5.21. The molecule has 4 heteroatoms. The smallest absolute Gasteiger partial charge is 0.205 e. The zero-order chi connectivity index (χ0) is 6.57. The summed E-state index contributed by atoms with van der Waals surface area (Å²) in [5, 5.41) is 0. The molecule has 8 heavy (non-hydrogen) atoms. The van der Waals surface area contributed by atoms with Gasteiger partial charge in [-0.3, -0.25) is 4.57 Å². The Labute approximate surface area is 49.8 Å². The van der Waals surface area contributed by atoms with Gasteiger partial charge >= 0.3 is 0 Å². The zero-order valence-corrected chi connectivity index (χ0v) is 5.92. The van der Waals surface area contributed by atoms with E-state index < -0.39 is 13.8 Å². The van der Waals surface area contributed by atoms with Gasteiger partial charge in [0.2, 0.25) is 8.03 Å². The average molecular weight is 137 g/mol. The van der Waals surface area contributed by atoms with E-state index in [9.17, 15) is 4.57 Å². The first-order valence-electron chi connectivity index (χ1n) is 2.67. The number of rotatable bonds is 3. The highest BCUT2D eigenvalue weighted by Gasteiger charge is 2.04. The molecule has 0 aliphatic heterocycles. The van der Waals surface area contributed by atoms with Crippen LogP contribution in [0.25, 0.3) is 0 Å². The third-order valence-corrected chi connectivity index (χ3v) is 1.84. The summed E-state index contributed by atoms with van der Waals surface area (Å²) in [6.45, 7) is 1.94. The fourth-order valence-electron chi connectivity index (χ4n) is 0.434. The minimum Gasteiger partial charge on any atom is -0.345 e. The Balaban J connectivity index is 3.32. The summed E-state index contributed by atoms with van der Waals surface area (Å²) in [7, 11) is -2.45. The van der Waals surface area contributed by atoms with Crippen molar-refractivity contribution in [3.8, 4) is 0 Å². The van der Waals surface area contributed by atoms with Gasteiger partial charge in [0, 0.05) is 0 Å². The van der Waals surface area contributed by atoms with Gasteiger partial charge in [-0.25, -0.2) is 0 Å². The molecule has 0 amide bonds. The van der Waals surface area contributed by atoms with Crippen LogP contribution in [0.2, 0.25) is 0 Å². The molecule has 0 saturated carbocycles.